The number of hydrogen-bond acceptors (Lipinski definition) is 7. The molecular weight excluding hydrogens is 328 g/mol. The molecule has 1 aromatic heterocycles. The van der Waals surface area contributed by atoms with Gasteiger partial charge >= 0.3 is 0 Å². The van der Waals surface area contributed by atoms with Crippen molar-refractivity contribution < 1.29 is 5.11 Å². The minimum absolute atomic E-state index is 0.0467. The molecule has 0 bridgehead atoms. The fourth-order valence-corrected chi connectivity index (χ4v) is 2.95. The number of aliphatic hydroxyl groups is 1. The summed E-state index contributed by atoms with van der Waals surface area (Å²) in [7, 11) is 2.17. The molecule has 0 spiro atoms. The summed E-state index contributed by atoms with van der Waals surface area (Å²) in [4.78, 5) is 13.9. The van der Waals surface area contributed by atoms with Crippen molar-refractivity contribution in [3.05, 3.63) is 36.4 Å². The molecule has 140 valence electrons. The molecule has 0 atom stereocenters. The van der Waals surface area contributed by atoms with Crippen molar-refractivity contribution in [2.45, 2.75) is 0 Å². The third kappa shape index (κ3) is 5.39. The maximum atomic E-state index is 9.04. The first kappa shape index (κ1) is 18.6. The van der Waals surface area contributed by atoms with Crippen LogP contribution in [0.3, 0.4) is 0 Å². The lowest BCUT2D eigenvalue weighted by atomic mass is 10.1. The van der Waals surface area contributed by atoms with E-state index in [-0.39, 0.29) is 6.61 Å². The number of nitrogens with zero attached hydrogens (tertiary/aromatic N) is 4. The predicted molar refractivity (Wildman–Crippen MR) is 105 cm³/mol. The molecule has 2 heterocycles. The lowest BCUT2D eigenvalue weighted by Crippen LogP contribution is -2.45. The topological polar surface area (TPSA) is 76.5 Å². The number of nitrogens with one attached hydrogen (secondary N) is 2. The van der Waals surface area contributed by atoms with Gasteiger partial charge in [-0.3, -0.25) is 4.90 Å². The predicted octanol–water partition coefficient (Wildman–Crippen LogP) is 1.21. The molecule has 2 aromatic rings. The van der Waals surface area contributed by atoms with E-state index in [4.69, 9.17) is 5.11 Å². The summed E-state index contributed by atoms with van der Waals surface area (Å²) < 4.78 is 0. The van der Waals surface area contributed by atoms with Gasteiger partial charge in [-0.1, -0.05) is 30.3 Å². The van der Waals surface area contributed by atoms with E-state index in [0.717, 1.165) is 56.3 Å². The Morgan fingerprint density at radius 1 is 1.00 bits per heavy atom. The summed E-state index contributed by atoms with van der Waals surface area (Å²) in [6, 6.07) is 12.0. The van der Waals surface area contributed by atoms with Crippen LogP contribution in [0.5, 0.6) is 0 Å². The quantitative estimate of drug-likeness (QED) is 0.656. The van der Waals surface area contributed by atoms with E-state index in [1.54, 1.807) is 0 Å². The Balaban J connectivity index is 1.65. The van der Waals surface area contributed by atoms with Crippen LogP contribution in [0.15, 0.2) is 36.4 Å². The second-order valence-corrected chi connectivity index (χ2v) is 6.55. The molecule has 1 fully saturated rings. The zero-order valence-corrected chi connectivity index (χ0v) is 15.4. The number of piperazine rings is 1. The fraction of sp³-hybridized carbons (Fsp3) is 0.474. The number of benzene rings is 1. The molecule has 26 heavy (non-hydrogen) atoms. The molecule has 1 aliphatic rings. The average Bonchev–Trinajstić information content (AvgIpc) is 2.68. The molecule has 0 saturated carbocycles. The Kier molecular flexibility index (Phi) is 6.76. The second kappa shape index (κ2) is 9.47. The van der Waals surface area contributed by atoms with Gasteiger partial charge in [-0.2, -0.15) is 4.98 Å². The monoisotopic (exact) mass is 356 g/mol. The molecule has 0 unspecified atom stereocenters. The van der Waals surface area contributed by atoms with Gasteiger partial charge in [-0.05, 0) is 7.05 Å². The maximum Gasteiger partial charge on any atom is 0.225 e. The molecular formula is C19H28N6O. The molecule has 3 N–H and O–H groups in total. The number of aromatic nitrogens is 2. The highest BCUT2D eigenvalue weighted by molar-refractivity contribution is 5.64. The van der Waals surface area contributed by atoms with Crippen LogP contribution in [-0.4, -0.2) is 84.3 Å². The van der Waals surface area contributed by atoms with Crippen LogP contribution in [0.2, 0.25) is 0 Å². The first-order valence-corrected chi connectivity index (χ1v) is 9.18. The van der Waals surface area contributed by atoms with Gasteiger partial charge in [-0.25, -0.2) is 4.98 Å². The van der Waals surface area contributed by atoms with Crippen LogP contribution in [0.25, 0.3) is 11.3 Å². The Labute approximate surface area is 155 Å². The van der Waals surface area contributed by atoms with Crippen molar-refractivity contribution >= 4 is 11.8 Å². The van der Waals surface area contributed by atoms with E-state index in [2.05, 4.69) is 37.4 Å². The zero-order valence-electron chi connectivity index (χ0n) is 15.4. The van der Waals surface area contributed by atoms with E-state index in [9.17, 15) is 0 Å². The molecule has 1 aromatic carbocycles. The summed E-state index contributed by atoms with van der Waals surface area (Å²) >= 11 is 0. The van der Waals surface area contributed by atoms with Crippen LogP contribution in [0.1, 0.15) is 0 Å². The molecule has 7 nitrogen and oxygen atoms in total. The summed E-state index contributed by atoms with van der Waals surface area (Å²) in [5.41, 5.74) is 1.91. The second-order valence-electron chi connectivity index (χ2n) is 6.55. The van der Waals surface area contributed by atoms with Gasteiger partial charge in [0.2, 0.25) is 5.95 Å². The Bertz CT molecular complexity index is 673. The number of aliphatic hydroxyl groups excluding tert-OH is 1. The van der Waals surface area contributed by atoms with Gasteiger partial charge in [0.05, 0.1) is 12.3 Å². The fourth-order valence-electron chi connectivity index (χ4n) is 2.95. The molecule has 1 aliphatic heterocycles. The van der Waals surface area contributed by atoms with E-state index in [1.165, 1.54) is 0 Å². The zero-order chi connectivity index (χ0) is 18.2. The summed E-state index contributed by atoms with van der Waals surface area (Å²) in [5.74, 6) is 1.33. The van der Waals surface area contributed by atoms with Crippen molar-refractivity contribution in [3.8, 4) is 11.3 Å². The minimum atomic E-state index is 0.0467. The van der Waals surface area contributed by atoms with Crippen LogP contribution in [0, 0.1) is 0 Å². The smallest absolute Gasteiger partial charge is 0.225 e. The van der Waals surface area contributed by atoms with Gasteiger partial charge in [0, 0.05) is 57.4 Å². The van der Waals surface area contributed by atoms with Crippen LogP contribution in [-0.2, 0) is 0 Å². The number of hydrogen-bond donors (Lipinski definition) is 3. The van der Waals surface area contributed by atoms with Crippen molar-refractivity contribution in [1.29, 1.82) is 0 Å². The van der Waals surface area contributed by atoms with Crippen LogP contribution >= 0.6 is 0 Å². The molecule has 7 heteroatoms. The Morgan fingerprint density at radius 2 is 1.77 bits per heavy atom. The highest BCUT2D eigenvalue weighted by Gasteiger charge is 2.13. The van der Waals surface area contributed by atoms with E-state index < -0.39 is 0 Å². The maximum absolute atomic E-state index is 9.04. The summed E-state index contributed by atoms with van der Waals surface area (Å²) in [5, 5.41) is 15.5. The Morgan fingerprint density at radius 3 is 2.50 bits per heavy atom. The van der Waals surface area contributed by atoms with Crippen molar-refractivity contribution in [2.24, 2.45) is 0 Å². The molecule has 3 rings (SSSR count). The van der Waals surface area contributed by atoms with E-state index >= 15 is 0 Å². The van der Waals surface area contributed by atoms with Crippen molar-refractivity contribution in [1.82, 2.24) is 19.8 Å². The minimum Gasteiger partial charge on any atom is -0.395 e. The molecule has 0 radical (unpaired) electrons. The SMILES string of the molecule is CN1CCN(CCNc2cc(-c3ccccc3)nc(NCCO)n2)CC1. The number of likely N-dealkylation sites (N-methyl/N-ethyl adjacent to an activating group) is 1. The Hall–Kier alpha value is -2.22. The van der Waals surface area contributed by atoms with E-state index in [1.807, 2.05) is 36.4 Å². The molecule has 0 aliphatic carbocycles. The first-order chi connectivity index (χ1) is 12.7. The lowest BCUT2D eigenvalue weighted by Gasteiger charge is -2.32. The largest absolute Gasteiger partial charge is 0.395 e. The average molecular weight is 356 g/mol. The first-order valence-electron chi connectivity index (χ1n) is 9.18. The van der Waals surface area contributed by atoms with Gasteiger partial charge in [0.15, 0.2) is 0 Å². The summed E-state index contributed by atoms with van der Waals surface area (Å²) in [6.45, 7) is 6.79. The summed E-state index contributed by atoms with van der Waals surface area (Å²) in [6.07, 6.45) is 0. The lowest BCUT2D eigenvalue weighted by molar-refractivity contribution is 0.158. The van der Waals surface area contributed by atoms with Crippen molar-refractivity contribution in [3.63, 3.8) is 0 Å². The third-order valence-electron chi connectivity index (χ3n) is 4.52. The highest BCUT2D eigenvalue weighted by atomic mass is 16.3. The molecule has 1 saturated heterocycles. The normalized spacial score (nSPS) is 15.8. The highest BCUT2D eigenvalue weighted by Crippen LogP contribution is 2.21. The van der Waals surface area contributed by atoms with Crippen molar-refractivity contribution in [2.75, 3.05) is 70.1 Å². The van der Waals surface area contributed by atoms with E-state index in [0.29, 0.717) is 12.5 Å². The van der Waals surface area contributed by atoms with Gasteiger partial charge in [-0.15, -0.1) is 0 Å². The van der Waals surface area contributed by atoms with Gasteiger partial charge in [0.25, 0.3) is 0 Å². The number of rotatable bonds is 8. The van der Waals surface area contributed by atoms with Crippen LogP contribution in [0.4, 0.5) is 11.8 Å². The number of anilines is 2. The molecule has 0 amide bonds. The van der Waals surface area contributed by atoms with Crippen LogP contribution < -0.4 is 10.6 Å². The van der Waals surface area contributed by atoms with Gasteiger partial charge < -0.3 is 20.6 Å². The standard InChI is InChI=1S/C19H28N6O/c1-24-10-12-25(13-11-24)9-7-20-18-15-17(16-5-3-2-4-6-16)22-19(23-18)21-8-14-26/h2-6,15,26H,7-14H2,1H3,(H2,20,21,22,23). The third-order valence-corrected chi connectivity index (χ3v) is 4.52. The van der Waals surface area contributed by atoms with Gasteiger partial charge in [0.1, 0.15) is 5.82 Å².